The van der Waals surface area contributed by atoms with Crippen LogP contribution in [-0.4, -0.2) is 12.1 Å². The van der Waals surface area contributed by atoms with Gasteiger partial charge in [0.05, 0.1) is 0 Å². The van der Waals surface area contributed by atoms with Gasteiger partial charge in [0.1, 0.15) is 11.2 Å². The summed E-state index contributed by atoms with van der Waals surface area (Å²) in [6.45, 7) is 1.43. The highest BCUT2D eigenvalue weighted by molar-refractivity contribution is 6.17. The lowest BCUT2D eigenvalue weighted by molar-refractivity contribution is -0.115. The summed E-state index contributed by atoms with van der Waals surface area (Å²) in [6.07, 6.45) is 1.56. The van der Waals surface area contributed by atoms with Crippen LogP contribution >= 0.6 is 0 Å². The van der Waals surface area contributed by atoms with E-state index < -0.39 is 0 Å². The lowest BCUT2D eigenvalue weighted by atomic mass is 10.1. The standard InChI is InChI=1S/C19H13NO2/c1-12(21)20-11-14-6-4-8-16-17-10-9-13-5-2-3-7-15(13)19(17)22-18(14)16/h2-11H,1H3/b20-11+. The van der Waals surface area contributed by atoms with Gasteiger partial charge in [-0.05, 0) is 17.5 Å². The average Bonchev–Trinajstić information content (AvgIpc) is 2.92. The fourth-order valence-corrected chi connectivity index (χ4v) is 2.81. The second-order valence-electron chi connectivity index (χ2n) is 5.27. The molecule has 0 atom stereocenters. The Labute approximate surface area is 126 Å². The highest BCUT2D eigenvalue weighted by Gasteiger charge is 2.12. The summed E-state index contributed by atoms with van der Waals surface area (Å²) in [7, 11) is 0. The Morgan fingerprint density at radius 2 is 1.68 bits per heavy atom. The van der Waals surface area contributed by atoms with E-state index in [1.807, 2.05) is 30.3 Å². The zero-order valence-corrected chi connectivity index (χ0v) is 12.0. The normalized spacial score (nSPS) is 11.9. The van der Waals surface area contributed by atoms with E-state index in [1.54, 1.807) is 6.21 Å². The topological polar surface area (TPSA) is 42.6 Å². The van der Waals surface area contributed by atoms with Gasteiger partial charge in [0.25, 0.3) is 0 Å². The Balaban J connectivity index is 2.10. The number of rotatable bonds is 1. The van der Waals surface area contributed by atoms with Gasteiger partial charge in [-0.3, -0.25) is 4.79 Å². The summed E-state index contributed by atoms with van der Waals surface area (Å²) in [4.78, 5) is 14.9. The summed E-state index contributed by atoms with van der Waals surface area (Å²) < 4.78 is 6.13. The number of benzene rings is 3. The van der Waals surface area contributed by atoms with Crippen molar-refractivity contribution in [3.8, 4) is 0 Å². The Morgan fingerprint density at radius 3 is 2.55 bits per heavy atom. The number of carbonyl (C=O) groups excluding carboxylic acids is 1. The molecule has 3 aromatic carbocycles. The molecule has 0 fully saturated rings. The molecule has 3 heteroatoms. The number of fused-ring (bicyclic) bond motifs is 5. The molecule has 0 aliphatic carbocycles. The number of carbonyl (C=O) groups is 1. The van der Waals surface area contributed by atoms with Gasteiger partial charge in [-0.15, -0.1) is 0 Å². The van der Waals surface area contributed by atoms with E-state index in [-0.39, 0.29) is 5.91 Å². The van der Waals surface area contributed by atoms with Gasteiger partial charge in [-0.2, -0.15) is 0 Å². The predicted octanol–water partition coefficient (Wildman–Crippen LogP) is 4.70. The van der Waals surface area contributed by atoms with Crippen LogP contribution in [0.15, 0.2) is 64.0 Å². The van der Waals surface area contributed by atoms with Crippen molar-refractivity contribution in [3.63, 3.8) is 0 Å². The summed E-state index contributed by atoms with van der Waals surface area (Å²) in [6, 6.07) is 18.2. The maximum atomic E-state index is 11.1. The number of furan rings is 1. The average molecular weight is 287 g/mol. The van der Waals surface area contributed by atoms with Crippen LogP contribution in [0.5, 0.6) is 0 Å². The molecular formula is C19H13NO2. The molecule has 106 valence electrons. The van der Waals surface area contributed by atoms with Gasteiger partial charge >= 0.3 is 0 Å². The molecule has 0 saturated heterocycles. The molecule has 0 aliphatic heterocycles. The molecule has 0 radical (unpaired) electrons. The maximum absolute atomic E-state index is 11.1. The largest absolute Gasteiger partial charge is 0.455 e. The maximum Gasteiger partial charge on any atom is 0.242 e. The third-order valence-electron chi connectivity index (χ3n) is 3.80. The van der Waals surface area contributed by atoms with Crippen molar-refractivity contribution in [2.45, 2.75) is 6.92 Å². The van der Waals surface area contributed by atoms with E-state index in [0.29, 0.717) is 0 Å². The van der Waals surface area contributed by atoms with Gasteiger partial charge in [-0.25, -0.2) is 4.99 Å². The van der Waals surface area contributed by atoms with Crippen LogP contribution in [0.4, 0.5) is 0 Å². The summed E-state index contributed by atoms with van der Waals surface area (Å²) in [5, 5.41) is 4.35. The quantitative estimate of drug-likeness (QED) is 0.476. The first kappa shape index (κ1) is 12.8. The monoisotopic (exact) mass is 287 g/mol. The number of para-hydroxylation sites is 1. The molecule has 0 N–H and O–H groups in total. The van der Waals surface area contributed by atoms with Gasteiger partial charge in [0, 0.05) is 34.9 Å². The number of amides is 1. The van der Waals surface area contributed by atoms with Crippen LogP contribution in [0.1, 0.15) is 12.5 Å². The fraction of sp³-hybridized carbons (Fsp3) is 0.0526. The van der Waals surface area contributed by atoms with Crippen molar-refractivity contribution < 1.29 is 9.21 Å². The first-order chi connectivity index (χ1) is 10.7. The van der Waals surface area contributed by atoms with E-state index >= 15 is 0 Å². The van der Waals surface area contributed by atoms with Gasteiger partial charge in [-0.1, -0.05) is 42.5 Å². The Kier molecular flexibility index (Phi) is 2.79. The molecule has 0 spiro atoms. The van der Waals surface area contributed by atoms with E-state index in [1.165, 1.54) is 6.92 Å². The lowest BCUT2D eigenvalue weighted by Crippen LogP contribution is -1.87. The molecule has 0 saturated carbocycles. The summed E-state index contributed by atoms with van der Waals surface area (Å²) in [5.74, 6) is -0.224. The molecule has 3 nitrogen and oxygen atoms in total. The van der Waals surface area contributed by atoms with Gasteiger partial charge < -0.3 is 4.42 Å². The van der Waals surface area contributed by atoms with Crippen LogP contribution in [0.25, 0.3) is 32.7 Å². The molecule has 1 aromatic heterocycles. The van der Waals surface area contributed by atoms with E-state index in [4.69, 9.17) is 4.42 Å². The highest BCUT2D eigenvalue weighted by atomic mass is 16.3. The van der Waals surface area contributed by atoms with E-state index in [0.717, 1.165) is 38.3 Å². The minimum Gasteiger partial charge on any atom is -0.455 e. The van der Waals surface area contributed by atoms with Crippen molar-refractivity contribution in [2.24, 2.45) is 4.99 Å². The third-order valence-corrected chi connectivity index (χ3v) is 3.80. The number of nitrogens with zero attached hydrogens (tertiary/aromatic N) is 1. The number of aliphatic imine (C=N–C) groups is 1. The van der Waals surface area contributed by atoms with Crippen molar-refractivity contribution in [1.29, 1.82) is 0 Å². The molecule has 0 unspecified atom stereocenters. The van der Waals surface area contributed by atoms with Crippen molar-refractivity contribution in [2.75, 3.05) is 0 Å². The summed E-state index contributed by atoms with van der Waals surface area (Å²) >= 11 is 0. The molecule has 1 heterocycles. The number of hydrogen-bond acceptors (Lipinski definition) is 2. The predicted molar refractivity (Wildman–Crippen MR) is 89.5 cm³/mol. The zero-order chi connectivity index (χ0) is 15.1. The third kappa shape index (κ3) is 1.91. The van der Waals surface area contributed by atoms with Crippen LogP contribution in [0, 0.1) is 0 Å². The van der Waals surface area contributed by atoms with E-state index in [2.05, 4.69) is 29.3 Å². The van der Waals surface area contributed by atoms with Gasteiger partial charge in [0.2, 0.25) is 5.91 Å². The first-order valence-electron chi connectivity index (χ1n) is 7.11. The van der Waals surface area contributed by atoms with Crippen LogP contribution in [-0.2, 0) is 4.79 Å². The lowest BCUT2D eigenvalue weighted by Gasteiger charge is -1.97. The molecule has 22 heavy (non-hydrogen) atoms. The SMILES string of the molecule is CC(=O)/N=C/c1cccc2c1oc1c3ccccc3ccc21. The highest BCUT2D eigenvalue weighted by Crippen LogP contribution is 2.34. The summed E-state index contributed by atoms with van der Waals surface area (Å²) in [5.41, 5.74) is 2.45. The smallest absolute Gasteiger partial charge is 0.242 e. The molecule has 4 aromatic rings. The molecule has 4 rings (SSSR count). The second kappa shape index (κ2) is 4.81. The Morgan fingerprint density at radius 1 is 0.909 bits per heavy atom. The van der Waals surface area contributed by atoms with Crippen molar-refractivity contribution in [3.05, 3.63) is 60.2 Å². The number of hydrogen-bond donors (Lipinski definition) is 0. The van der Waals surface area contributed by atoms with Crippen molar-refractivity contribution >= 4 is 44.8 Å². The van der Waals surface area contributed by atoms with Crippen LogP contribution in [0.2, 0.25) is 0 Å². The van der Waals surface area contributed by atoms with Crippen molar-refractivity contribution in [1.82, 2.24) is 0 Å². The first-order valence-corrected chi connectivity index (χ1v) is 7.11. The fourth-order valence-electron chi connectivity index (χ4n) is 2.81. The zero-order valence-electron chi connectivity index (χ0n) is 12.0. The minimum absolute atomic E-state index is 0.224. The Bertz CT molecular complexity index is 1060. The van der Waals surface area contributed by atoms with Gasteiger partial charge in [0.15, 0.2) is 0 Å². The molecule has 0 bridgehead atoms. The molecular weight excluding hydrogens is 274 g/mol. The minimum atomic E-state index is -0.224. The second-order valence-corrected chi connectivity index (χ2v) is 5.27. The van der Waals surface area contributed by atoms with E-state index in [9.17, 15) is 4.79 Å². The Hall–Kier alpha value is -2.94. The van der Waals surface area contributed by atoms with Crippen LogP contribution < -0.4 is 0 Å². The molecule has 1 amide bonds. The molecule has 0 aliphatic rings. The van der Waals surface area contributed by atoms with Crippen LogP contribution in [0.3, 0.4) is 0 Å².